The second-order valence-corrected chi connectivity index (χ2v) is 2.98. The third kappa shape index (κ3) is 3.01. The summed E-state index contributed by atoms with van der Waals surface area (Å²) in [6, 6.07) is 6.87. The number of carbonyl (C=O) groups is 1. The topological polar surface area (TPSA) is 120 Å². The molecule has 17 heavy (non-hydrogen) atoms. The van der Waals surface area contributed by atoms with E-state index < -0.39 is 10.8 Å². The van der Waals surface area contributed by atoms with Gasteiger partial charge in [-0.15, -0.1) is 0 Å². The van der Waals surface area contributed by atoms with Gasteiger partial charge < -0.3 is 5.32 Å². The molecule has 0 aliphatic heterocycles. The predicted octanol–water partition coefficient (Wildman–Crippen LogP) is 1.32. The average molecular weight is 230 g/mol. The fourth-order valence-electron chi connectivity index (χ4n) is 1.11. The SMILES string of the molecule is N#CCC(=O)Nc1ccc([N+](=O)[O-])cc1C#N. The Labute approximate surface area is 96.0 Å². The average Bonchev–Trinajstić information content (AvgIpc) is 2.29. The molecule has 0 radical (unpaired) electrons. The van der Waals surface area contributed by atoms with E-state index in [9.17, 15) is 14.9 Å². The van der Waals surface area contributed by atoms with E-state index in [0.717, 1.165) is 6.07 Å². The second-order valence-electron chi connectivity index (χ2n) is 2.98. The van der Waals surface area contributed by atoms with Crippen LogP contribution in [0.25, 0.3) is 0 Å². The number of hydrogen-bond acceptors (Lipinski definition) is 5. The Morgan fingerprint density at radius 2 is 2.18 bits per heavy atom. The van der Waals surface area contributed by atoms with Crippen molar-refractivity contribution in [1.29, 1.82) is 10.5 Å². The molecule has 1 amide bonds. The van der Waals surface area contributed by atoms with Crippen LogP contribution in [0.2, 0.25) is 0 Å². The van der Waals surface area contributed by atoms with E-state index in [1.54, 1.807) is 12.1 Å². The fourth-order valence-corrected chi connectivity index (χ4v) is 1.11. The van der Waals surface area contributed by atoms with Gasteiger partial charge >= 0.3 is 0 Å². The Kier molecular flexibility index (Phi) is 3.74. The second kappa shape index (κ2) is 5.24. The van der Waals surface area contributed by atoms with Crippen molar-refractivity contribution in [2.24, 2.45) is 0 Å². The minimum absolute atomic E-state index is 0.0227. The molecule has 0 bridgehead atoms. The van der Waals surface area contributed by atoms with Gasteiger partial charge in [0, 0.05) is 12.1 Å². The van der Waals surface area contributed by atoms with Crippen molar-refractivity contribution in [3.8, 4) is 12.1 Å². The number of nitro benzene ring substituents is 1. The lowest BCUT2D eigenvalue weighted by Crippen LogP contribution is -2.11. The number of amides is 1. The van der Waals surface area contributed by atoms with Crippen LogP contribution in [0.3, 0.4) is 0 Å². The molecule has 0 saturated heterocycles. The summed E-state index contributed by atoms with van der Waals surface area (Å²) >= 11 is 0. The zero-order chi connectivity index (χ0) is 12.8. The molecule has 84 valence electrons. The quantitative estimate of drug-likeness (QED) is 0.620. The van der Waals surface area contributed by atoms with Gasteiger partial charge in [-0.2, -0.15) is 10.5 Å². The van der Waals surface area contributed by atoms with E-state index >= 15 is 0 Å². The zero-order valence-corrected chi connectivity index (χ0v) is 8.51. The Bertz CT molecular complexity index is 554. The van der Waals surface area contributed by atoms with E-state index in [-0.39, 0.29) is 23.4 Å². The van der Waals surface area contributed by atoms with Crippen molar-refractivity contribution in [3.63, 3.8) is 0 Å². The summed E-state index contributed by atoms with van der Waals surface area (Å²) in [5.41, 5.74) is -0.108. The molecule has 0 aliphatic carbocycles. The molecule has 0 saturated carbocycles. The van der Waals surface area contributed by atoms with Crippen molar-refractivity contribution in [1.82, 2.24) is 0 Å². The van der Waals surface area contributed by atoms with Crippen LogP contribution in [-0.2, 0) is 4.79 Å². The van der Waals surface area contributed by atoms with E-state index in [0.29, 0.717) is 0 Å². The highest BCUT2D eigenvalue weighted by Gasteiger charge is 2.12. The molecule has 0 unspecified atom stereocenters. The summed E-state index contributed by atoms with van der Waals surface area (Å²) in [6.07, 6.45) is -0.345. The van der Waals surface area contributed by atoms with Gasteiger partial charge in [-0.1, -0.05) is 0 Å². The van der Waals surface area contributed by atoms with Gasteiger partial charge in [0.05, 0.1) is 22.2 Å². The molecule has 0 spiro atoms. The maximum absolute atomic E-state index is 11.1. The number of nitrogens with one attached hydrogen (secondary N) is 1. The van der Waals surface area contributed by atoms with Crippen LogP contribution in [0, 0.1) is 32.8 Å². The minimum atomic E-state index is -0.637. The number of nitro groups is 1. The maximum atomic E-state index is 11.1. The summed E-state index contributed by atoms with van der Waals surface area (Å²) in [6.45, 7) is 0. The number of benzene rings is 1. The van der Waals surface area contributed by atoms with Gasteiger partial charge in [0.25, 0.3) is 5.69 Å². The summed E-state index contributed by atoms with van der Waals surface area (Å²) in [5, 5.41) is 29.9. The van der Waals surface area contributed by atoms with Crippen LogP contribution >= 0.6 is 0 Å². The first-order valence-corrected chi connectivity index (χ1v) is 4.44. The summed E-state index contributed by atoms with van der Waals surface area (Å²) < 4.78 is 0. The third-order valence-corrected chi connectivity index (χ3v) is 1.85. The highest BCUT2D eigenvalue weighted by atomic mass is 16.6. The molecule has 0 heterocycles. The monoisotopic (exact) mass is 230 g/mol. The first-order valence-electron chi connectivity index (χ1n) is 4.44. The van der Waals surface area contributed by atoms with E-state index in [2.05, 4.69) is 5.32 Å². The van der Waals surface area contributed by atoms with Crippen LogP contribution in [0.15, 0.2) is 18.2 Å². The van der Waals surface area contributed by atoms with Crippen LogP contribution < -0.4 is 5.32 Å². The minimum Gasteiger partial charge on any atom is -0.324 e. The molecular weight excluding hydrogens is 224 g/mol. The fraction of sp³-hybridized carbons (Fsp3) is 0.100. The summed E-state index contributed by atoms with van der Waals surface area (Å²) in [4.78, 5) is 21.0. The van der Waals surface area contributed by atoms with Crippen molar-refractivity contribution in [2.75, 3.05) is 5.32 Å². The number of rotatable bonds is 3. The number of non-ortho nitro benzene ring substituents is 1. The lowest BCUT2D eigenvalue weighted by atomic mass is 10.1. The standard InChI is InChI=1S/C10H6N4O3/c11-4-3-10(15)13-9-2-1-8(14(16)17)5-7(9)6-12/h1-2,5H,3H2,(H,13,15). The van der Waals surface area contributed by atoms with Gasteiger partial charge in [0.2, 0.25) is 5.91 Å². The Balaban J connectivity index is 3.03. The molecule has 0 fully saturated rings. The molecule has 1 rings (SSSR count). The lowest BCUT2D eigenvalue weighted by Gasteiger charge is -2.04. The Morgan fingerprint density at radius 1 is 1.47 bits per heavy atom. The summed E-state index contributed by atoms with van der Waals surface area (Å²) in [5.74, 6) is -0.571. The highest BCUT2D eigenvalue weighted by Crippen LogP contribution is 2.21. The maximum Gasteiger partial charge on any atom is 0.270 e. The number of nitrogens with zero attached hydrogens (tertiary/aromatic N) is 3. The number of nitriles is 2. The number of hydrogen-bond donors (Lipinski definition) is 1. The van der Waals surface area contributed by atoms with Crippen molar-refractivity contribution in [2.45, 2.75) is 6.42 Å². The third-order valence-electron chi connectivity index (χ3n) is 1.85. The van der Waals surface area contributed by atoms with Crippen LogP contribution in [0.1, 0.15) is 12.0 Å². The molecule has 0 aliphatic rings. The first-order chi connectivity index (χ1) is 8.08. The highest BCUT2D eigenvalue weighted by molar-refractivity contribution is 5.93. The molecule has 1 aromatic rings. The van der Waals surface area contributed by atoms with Crippen LogP contribution in [-0.4, -0.2) is 10.8 Å². The largest absolute Gasteiger partial charge is 0.324 e. The van der Waals surface area contributed by atoms with E-state index in [1.807, 2.05) is 0 Å². The van der Waals surface area contributed by atoms with E-state index in [1.165, 1.54) is 12.1 Å². The molecule has 1 N–H and O–H groups in total. The van der Waals surface area contributed by atoms with Gasteiger partial charge in [-0.25, -0.2) is 0 Å². The normalized spacial score (nSPS) is 8.82. The molecule has 7 heteroatoms. The zero-order valence-electron chi connectivity index (χ0n) is 8.51. The lowest BCUT2D eigenvalue weighted by molar-refractivity contribution is -0.384. The van der Waals surface area contributed by atoms with Gasteiger partial charge in [0.1, 0.15) is 12.5 Å². The van der Waals surface area contributed by atoms with Gasteiger partial charge in [-0.05, 0) is 6.07 Å². The van der Waals surface area contributed by atoms with E-state index in [4.69, 9.17) is 10.5 Å². The van der Waals surface area contributed by atoms with Gasteiger partial charge in [-0.3, -0.25) is 14.9 Å². The Morgan fingerprint density at radius 3 is 2.71 bits per heavy atom. The molecular formula is C10H6N4O3. The van der Waals surface area contributed by atoms with Crippen molar-refractivity contribution >= 4 is 17.3 Å². The Hall–Kier alpha value is -2.93. The predicted molar refractivity (Wildman–Crippen MR) is 56.7 cm³/mol. The molecule has 0 aromatic heterocycles. The smallest absolute Gasteiger partial charge is 0.270 e. The van der Waals surface area contributed by atoms with Crippen molar-refractivity contribution < 1.29 is 9.72 Å². The van der Waals surface area contributed by atoms with Gasteiger partial charge in [0.15, 0.2) is 0 Å². The van der Waals surface area contributed by atoms with Crippen molar-refractivity contribution in [3.05, 3.63) is 33.9 Å². The first kappa shape index (κ1) is 12.1. The molecule has 7 nitrogen and oxygen atoms in total. The molecule has 1 aromatic carbocycles. The van der Waals surface area contributed by atoms with Crippen LogP contribution in [0.5, 0.6) is 0 Å². The summed E-state index contributed by atoms with van der Waals surface area (Å²) in [7, 11) is 0. The van der Waals surface area contributed by atoms with Crippen LogP contribution in [0.4, 0.5) is 11.4 Å². The molecule has 0 atom stereocenters. The number of anilines is 1. The number of carbonyl (C=O) groups excluding carboxylic acids is 1.